The van der Waals surface area contributed by atoms with Gasteiger partial charge in [-0.1, -0.05) is 15.9 Å². The summed E-state index contributed by atoms with van der Waals surface area (Å²) in [4.78, 5) is 30.1. The van der Waals surface area contributed by atoms with Gasteiger partial charge in [0.2, 0.25) is 0 Å². The highest BCUT2D eigenvalue weighted by atomic mass is 79.9. The highest BCUT2D eigenvalue weighted by molar-refractivity contribution is 9.10. The number of anilines is 2. The van der Waals surface area contributed by atoms with Crippen molar-refractivity contribution in [3.63, 3.8) is 0 Å². The number of carbonyl (C=O) groups is 2. The average molecular weight is 456 g/mol. The first-order chi connectivity index (χ1) is 14.1. The number of hydrogen-bond donors (Lipinski definition) is 1. The van der Waals surface area contributed by atoms with Gasteiger partial charge in [-0.15, -0.1) is 0 Å². The van der Waals surface area contributed by atoms with Crippen LogP contribution in [0.25, 0.3) is 0 Å². The Morgan fingerprint density at radius 1 is 0.828 bits per heavy atom. The summed E-state index contributed by atoms with van der Waals surface area (Å²) in [5.41, 5.74) is 2.92. The van der Waals surface area contributed by atoms with Crippen molar-refractivity contribution in [1.29, 1.82) is 0 Å². The van der Waals surface area contributed by atoms with Gasteiger partial charge in [-0.05, 0) is 74.6 Å². The molecule has 0 aliphatic carbocycles. The maximum absolute atomic E-state index is 13.2. The molecule has 0 bridgehead atoms. The van der Waals surface area contributed by atoms with Crippen molar-refractivity contribution in [2.45, 2.75) is 32.1 Å². The van der Waals surface area contributed by atoms with Crippen molar-refractivity contribution >= 4 is 39.1 Å². The molecule has 2 aliphatic rings. The average Bonchev–Trinajstić information content (AvgIpc) is 3.29. The molecule has 152 valence electrons. The van der Waals surface area contributed by atoms with Gasteiger partial charge in [-0.2, -0.15) is 0 Å². The molecule has 0 radical (unpaired) electrons. The van der Waals surface area contributed by atoms with Gasteiger partial charge in [0, 0.05) is 47.6 Å². The largest absolute Gasteiger partial charge is 0.371 e. The second-order valence-electron chi connectivity index (χ2n) is 7.74. The van der Waals surface area contributed by atoms with Crippen LogP contribution in [0.1, 0.15) is 52.8 Å². The molecule has 2 aliphatic heterocycles. The van der Waals surface area contributed by atoms with E-state index in [-0.39, 0.29) is 11.8 Å². The van der Waals surface area contributed by atoms with Gasteiger partial charge in [0.1, 0.15) is 0 Å². The Kier molecular flexibility index (Phi) is 6.19. The SMILES string of the molecule is O=C(Nc1ccc(N2CCCCC2)c(C(=O)N2CCCC2)c1)c1ccc(Br)cc1. The summed E-state index contributed by atoms with van der Waals surface area (Å²) in [6.07, 6.45) is 5.67. The molecule has 2 heterocycles. The van der Waals surface area contributed by atoms with Gasteiger partial charge in [-0.25, -0.2) is 0 Å². The van der Waals surface area contributed by atoms with Crippen LogP contribution in [0.4, 0.5) is 11.4 Å². The first-order valence-corrected chi connectivity index (χ1v) is 11.2. The van der Waals surface area contributed by atoms with E-state index in [2.05, 4.69) is 26.1 Å². The number of hydrogen-bond acceptors (Lipinski definition) is 3. The molecular weight excluding hydrogens is 430 g/mol. The Labute approximate surface area is 180 Å². The van der Waals surface area contributed by atoms with E-state index < -0.39 is 0 Å². The summed E-state index contributed by atoms with van der Waals surface area (Å²) >= 11 is 3.39. The minimum atomic E-state index is -0.178. The molecule has 0 unspecified atom stereocenters. The van der Waals surface area contributed by atoms with Gasteiger partial charge in [0.15, 0.2) is 0 Å². The monoisotopic (exact) mass is 455 g/mol. The Balaban J connectivity index is 1.61. The minimum Gasteiger partial charge on any atom is -0.371 e. The van der Waals surface area contributed by atoms with Crippen molar-refractivity contribution in [1.82, 2.24) is 4.90 Å². The van der Waals surface area contributed by atoms with Gasteiger partial charge >= 0.3 is 0 Å². The summed E-state index contributed by atoms with van der Waals surface area (Å²) in [5, 5.41) is 2.95. The van der Waals surface area contributed by atoms with Gasteiger partial charge in [0.05, 0.1) is 5.56 Å². The number of carbonyl (C=O) groups excluding carboxylic acids is 2. The third-order valence-corrected chi connectivity index (χ3v) is 6.21. The number of rotatable bonds is 4. The molecule has 2 aromatic carbocycles. The standard InChI is InChI=1S/C23H26BrN3O2/c24-18-8-6-17(7-9-18)22(28)25-19-10-11-21(26-12-2-1-3-13-26)20(16-19)23(29)27-14-4-5-15-27/h6-11,16H,1-5,12-15H2,(H,25,28). The van der Waals surface area contributed by atoms with Gasteiger partial charge in [-0.3, -0.25) is 9.59 Å². The Morgan fingerprint density at radius 3 is 2.17 bits per heavy atom. The topological polar surface area (TPSA) is 52.7 Å². The van der Waals surface area contributed by atoms with E-state index in [1.54, 1.807) is 12.1 Å². The third kappa shape index (κ3) is 4.64. The van der Waals surface area contributed by atoms with Crippen molar-refractivity contribution in [2.75, 3.05) is 36.4 Å². The normalized spacial score (nSPS) is 16.7. The highest BCUT2D eigenvalue weighted by Crippen LogP contribution is 2.29. The van der Waals surface area contributed by atoms with Crippen LogP contribution in [0.15, 0.2) is 46.9 Å². The molecule has 2 amide bonds. The lowest BCUT2D eigenvalue weighted by Gasteiger charge is -2.31. The molecule has 6 heteroatoms. The molecule has 4 rings (SSSR count). The van der Waals surface area contributed by atoms with Crippen LogP contribution in [0.3, 0.4) is 0 Å². The molecule has 5 nitrogen and oxygen atoms in total. The van der Waals surface area contributed by atoms with E-state index in [9.17, 15) is 9.59 Å². The zero-order valence-corrected chi connectivity index (χ0v) is 18.1. The number of piperidine rings is 1. The van der Waals surface area contributed by atoms with Crippen LogP contribution in [0, 0.1) is 0 Å². The molecular formula is C23H26BrN3O2. The molecule has 1 N–H and O–H groups in total. The second kappa shape index (κ2) is 8.99. The molecule has 0 saturated carbocycles. The fourth-order valence-corrected chi connectivity index (χ4v) is 4.36. The fourth-order valence-electron chi connectivity index (χ4n) is 4.09. The maximum Gasteiger partial charge on any atom is 0.256 e. The lowest BCUT2D eigenvalue weighted by molar-refractivity contribution is 0.0793. The summed E-state index contributed by atoms with van der Waals surface area (Å²) < 4.78 is 0.929. The molecule has 29 heavy (non-hydrogen) atoms. The first kappa shape index (κ1) is 20.0. The van der Waals surface area contributed by atoms with Crippen molar-refractivity contribution < 1.29 is 9.59 Å². The van der Waals surface area contributed by atoms with E-state index in [0.29, 0.717) is 16.8 Å². The number of nitrogens with zero attached hydrogens (tertiary/aromatic N) is 2. The van der Waals surface area contributed by atoms with Gasteiger partial charge in [0.25, 0.3) is 11.8 Å². The Bertz CT molecular complexity index is 885. The van der Waals surface area contributed by atoms with Gasteiger partial charge < -0.3 is 15.1 Å². The molecule has 0 atom stereocenters. The van der Waals surface area contributed by atoms with E-state index in [1.807, 2.05) is 35.2 Å². The summed E-state index contributed by atoms with van der Waals surface area (Å²) in [6.45, 7) is 3.58. The maximum atomic E-state index is 13.2. The fraction of sp³-hybridized carbons (Fsp3) is 0.391. The van der Waals surface area contributed by atoms with Crippen LogP contribution < -0.4 is 10.2 Å². The van der Waals surface area contributed by atoms with Crippen LogP contribution in [0.5, 0.6) is 0 Å². The van der Waals surface area contributed by atoms with Crippen molar-refractivity contribution in [3.8, 4) is 0 Å². The quantitative estimate of drug-likeness (QED) is 0.710. The lowest BCUT2D eigenvalue weighted by atomic mass is 10.0. The lowest BCUT2D eigenvalue weighted by Crippen LogP contribution is -2.34. The van der Waals surface area contributed by atoms with Crippen molar-refractivity contribution in [2.24, 2.45) is 0 Å². The minimum absolute atomic E-state index is 0.0721. The van der Waals surface area contributed by atoms with Crippen molar-refractivity contribution in [3.05, 3.63) is 58.1 Å². The van der Waals surface area contributed by atoms with Crippen LogP contribution in [0.2, 0.25) is 0 Å². The number of amides is 2. The molecule has 0 aromatic heterocycles. The number of likely N-dealkylation sites (tertiary alicyclic amines) is 1. The van der Waals surface area contributed by atoms with E-state index in [4.69, 9.17) is 0 Å². The molecule has 2 saturated heterocycles. The molecule has 2 aromatic rings. The summed E-state index contributed by atoms with van der Waals surface area (Å²) in [6, 6.07) is 13.0. The van der Waals surface area contributed by atoms with E-state index >= 15 is 0 Å². The summed E-state index contributed by atoms with van der Waals surface area (Å²) in [7, 11) is 0. The number of halogens is 1. The van der Waals surface area contributed by atoms with E-state index in [1.165, 1.54) is 6.42 Å². The van der Waals surface area contributed by atoms with Crippen LogP contribution in [-0.4, -0.2) is 42.9 Å². The summed E-state index contributed by atoms with van der Waals surface area (Å²) in [5.74, 6) is -0.106. The Morgan fingerprint density at radius 2 is 1.48 bits per heavy atom. The zero-order valence-electron chi connectivity index (χ0n) is 16.5. The Hall–Kier alpha value is -2.34. The molecule has 0 spiro atoms. The predicted octanol–water partition coefficient (Wildman–Crippen LogP) is 4.93. The van der Waals surface area contributed by atoms with Crippen LogP contribution in [-0.2, 0) is 0 Å². The number of benzene rings is 2. The second-order valence-corrected chi connectivity index (χ2v) is 8.66. The zero-order chi connectivity index (χ0) is 20.2. The highest BCUT2D eigenvalue weighted by Gasteiger charge is 2.25. The first-order valence-electron chi connectivity index (χ1n) is 10.4. The predicted molar refractivity (Wildman–Crippen MR) is 120 cm³/mol. The van der Waals surface area contributed by atoms with Crippen LogP contribution >= 0.6 is 15.9 Å². The number of nitrogens with one attached hydrogen (secondary N) is 1. The smallest absolute Gasteiger partial charge is 0.256 e. The third-order valence-electron chi connectivity index (χ3n) is 5.68. The van der Waals surface area contributed by atoms with E-state index in [0.717, 1.165) is 62.0 Å². The molecule has 2 fully saturated rings.